The SMILES string of the molecule is COCC1CCN(CCOc2ccccc2CN)C1. The fraction of sp³-hybridized carbons (Fsp3) is 0.600. The molecule has 0 aliphatic carbocycles. The van der Waals surface area contributed by atoms with Crippen molar-refractivity contribution in [3.05, 3.63) is 29.8 Å². The number of hydrogen-bond donors (Lipinski definition) is 1. The summed E-state index contributed by atoms with van der Waals surface area (Å²) in [6.07, 6.45) is 1.23. The fourth-order valence-corrected chi connectivity index (χ4v) is 2.59. The third-order valence-corrected chi connectivity index (χ3v) is 3.63. The topological polar surface area (TPSA) is 47.7 Å². The van der Waals surface area contributed by atoms with Gasteiger partial charge in [0.2, 0.25) is 0 Å². The average Bonchev–Trinajstić information content (AvgIpc) is 2.87. The standard InChI is InChI=1S/C15H24N2O2/c1-18-12-13-6-7-17(11-13)8-9-19-15-5-3-2-4-14(15)10-16/h2-5,13H,6-12,16H2,1H3. The Kier molecular flexibility index (Phi) is 5.63. The van der Waals surface area contributed by atoms with Gasteiger partial charge in [-0.05, 0) is 24.9 Å². The summed E-state index contributed by atoms with van der Waals surface area (Å²) in [4.78, 5) is 2.44. The molecule has 1 fully saturated rings. The Labute approximate surface area is 115 Å². The summed E-state index contributed by atoms with van der Waals surface area (Å²) in [6, 6.07) is 7.98. The van der Waals surface area contributed by atoms with Gasteiger partial charge in [-0.25, -0.2) is 0 Å². The Morgan fingerprint density at radius 2 is 2.21 bits per heavy atom. The number of ether oxygens (including phenoxy) is 2. The smallest absolute Gasteiger partial charge is 0.123 e. The molecule has 19 heavy (non-hydrogen) atoms. The molecule has 1 aliphatic heterocycles. The van der Waals surface area contributed by atoms with Crippen LogP contribution in [0.25, 0.3) is 0 Å². The molecule has 2 N–H and O–H groups in total. The van der Waals surface area contributed by atoms with Crippen molar-refractivity contribution in [2.75, 3.05) is 40.0 Å². The van der Waals surface area contributed by atoms with Crippen LogP contribution in [0.3, 0.4) is 0 Å². The largest absolute Gasteiger partial charge is 0.492 e. The van der Waals surface area contributed by atoms with E-state index in [1.807, 2.05) is 24.3 Å². The van der Waals surface area contributed by atoms with Crippen molar-refractivity contribution in [2.45, 2.75) is 13.0 Å². The Hall–Kier alpha value is -1.10. The average molecular weight is 264 g/mol. The second-order valence-corrected chi connectivity index (χ2v) is 5.07. The van der Waals surface area contributed by atoms with E-state index in [-0.39, 0.29) is 0 Å². The van der Waals surface area contributed by atoms with E-state index in [0.717, 1.165) is 44.2 Å². The molecule has 2 rings (SSSR count). The summed E-state index contributed by atoms with van der Waals surface area (Å²) >= 11 is 0. The summed E-state index contributed by atoms with van der Waals surface area (Å²) in [5.41, 5.74) is 6.76. The molecule has 0 bridgehead atoms. The highest BCUT2D eigenvalue weighted by Gasteiger charge is 2.21. The maximum absolute atomic E-state index is 5.83. The van der Waals surface area contributed by atoms with Crippen molar-refractivity contribution < 1.29 is 9.47 Å². The molecule has 0 spiro atoms. The van der Waals surface area contributed by atoms with Crippen LogP contribution in [0.15, 0.2) is 24.3 Å². The lowest BCUT2D eigenvalue weighted by molar-refractivity contribution is 0.150. The maximum atomic E-state index is 5.83. The van der Waals surface area contributed by atoms with Gasteiger partial charge in [0.1, 0.15) is 12.4 Å². The van der Waals surface area contributed by atoms with Crippen molar-refractivity contribution in [2.24, 2.45) is 11.7 Å². The van der Waals surface area contributed by atoms with Crippen LogP contribution in [0.5, 0.6) is 5.75 Å². The molecule has 1 unspecified atom stereocenters. The molecule has 1 atom stereocenters. The van der Waals surface area contributed by atoms with Crippen LogP contribution >= 0.6 is 0 Å². The van der Waals surface area contributed by atoms with Gasteiger partial charge in [-0.3, -0.25) is 4.90 Å². The molecule has 0 saturated carbocycles. The summed E-state index contributed by atoms with van der Waals surface area (Å²) in [5.74, 6) is 1.60. The van der Waals surface area contributed by atoms with Crippen LogP contribution < -0.4 is 10.5 Å². The van der Waals surface area contributed by atoms with Crippen LogP contribution in [0.4, 0.5) is 0 Å². The van der Waals surface area contributed by atoms with Crippen molar-refractivity contribution in [1.29, 1.82) is 0 Å². The first kappa shape index (κ1) is 14.3. The van der Waals surface area contributed by atoms with Gasteiger partial charge in [0.25, 0.3) is 0 Å². The minimum absolute atomic E-state index is 0.524. The van der Waals surface area contributed by atoms with E-state index in [1.165, 1.54) is 6.42 Å². The van der Waals surface area contributed by atoms with E-state index in [0.29, 0.717) is 12.5 Å². The molecule has 4 heteroatoms. The number of nitrogens with two attached hydrogens (primary N) is 1. The monoisotopic (exact) mass is 264 g/mol. The first-order valence-corrected chi connectivity index (χ1v) is 6.95. The zero-order chi connectivity index (χ0) is 13.5. The zero-order valence-electron chi connectivity index (χ0n) is 11.7. The van der Waals surface area contributed by atoms with Crippen LogP contribution in [0.2, 0.25) is 0 Å². The summed E-state index contributed by atoms with van der Waals surface area (Å²) < 4.78 is 11.0. The summed E-state index contributed by atoms with van der Waals surface area (Å²) in [6.45, 7) is 5.35. The molecule has 1 saturated heterocycles. The number of rotatable bonds is 7. The third-order valence-electron chi connectivity index (χ3n) is 3.63. The highest BCUT2D eigenvalue weighted by atomic mass is 16.5. The van der Waals surface area contributed by atoms with Gasteiger partial charge in [0.05, 0.1) is 6.61 Å². The molecule has 1 aromatic carbocycles. The Balaban J connectivity index is 1.72. The first-order chi connectivity index (χ1) is 9.33. The van der Waals surface area contributed by atoms with Gasteiger partial charge in [0.15, 0.2) is 0 Å². The van der Waals surface area contributed by atoms with Crippen molar-refractivity contribution in [3.63, 3.8) is 0 Å². The molecule has 1 aliphatic rings. The third kappa shape index (κ3) is 4.20. The second kappa shape index (κ2) is 7.48. The number of para-hydroxylation sites is 1. The first-order valence-electron chi connectivity index (χ1n) is 6.95. The minimum atomic E-state index is 0.524. The lowest BCUT2D eigenvalue weighted by atomic mass is 10.1. The molecule has 106 valence electrons. The summed E-state index contributed by atoms with van der Waals surface area (Å²) in [7, 11) is 1.77. The number of methoxy groups -OCH3 is 1. The normalized spacial score (nSPS) is 19.8. The molecule has 1 heterocycles. The Morgan fingerprint density at radius 1 is 1.37 bits per heavy atom. The van der Waals surface area contributed by atoms with E-state index in [9.17, 15) is 0 Å². The Bertz CT molecular complexity index is 384. The summed E-state index contributed by atoms with van der Waals surface area (Å²) in [5, 5.41) is 0. The molecule has 0 amide bonds. The van der Waals surface area contributed by atoms with Gasteiger partial charge >= 0.3 is 0 Å². The van der Waals surface area contributed by atoms with Crippen LogP contribution in [-0.2, 0) is 11.3 Å². The number of likely N-dealkylation sites (tertiary alicyclic amines) is 1. The van der Waals surface area contributed by atoms with Gasteiger partial charge in [-0.1, -0.05) is 18.2 Å². The lowest BCUT2D eigenvalue weighted by Gasteiger charge is -2.17. The molecule has 4 nitrogen and oxygen atoms in total. The Morgan fingerprint density at radius 3 is 3.00 bits per heavy atom. The van der Waals surface area contributed by atoms with E-state index >= 15 is 0 Å². The van der Waals surface area contributed by atoms with Gasteiger partial charge < -0.3 is 15.2 Å². The minimum Gasteiger partial charge on any atom is -0.492 e. The zero-order valence-corrected chi connectivity index (χ0v) is 11.7. The predicted molar refractivity (Wildman–Crippen MR) is 76.3 cm³/mol. The van der Waals surface area contributed by atoms with Crippen LogP contribution in [0.1, 0.15) is 12.0 Å². The van der Waals surface area contributed by atoms with E-state index in [1.54, 1.807) is 7.11 Å². The van der Waals surface area contributed by atoms with E-state index < -0.39 is 0 Å². The van der Waals surface area contributed by atoms with Gasteiger partial charge in [-0.2, -0.15) is 0 Å². The van der Waals surface area contributed by atoms with Crippen molar-refractivity contribution in [1.82, 2.24) is 4.90 Å². The van der Waals surface area contributed by atoms with Crippen molar-refractivity contribution in [3.8, 4) is 5.75 Å². The molecule has 0 aromatic heterocycles. The maximum Gasteiger partial charge on any atom is 0.123 e. The highest BCUT2D eigenvalue weighted by molar-refractivity contribution is 5.32. The molecule has 0 radical (unpaired) electrons. The predicted octanol–water partition coefficient (Wildman–Crippen LogP) is 1.49. The number of benzene rings is 1. The number of nitrogens with zero attached hydrogens (tertiary/aromatic N) is 1. The highest BCUT2D eigenvalue weighted by Crippen LogP contribution is 2.18. The lowest BCUT2D eigenvalue weighted by Crippen LogP contribution is -2.27. The van der Waals surface area contributed by atoms with Gasteiger partial charge in [-0.15, -0.1) is 0 Å². The van der Waals surface area contributed by atoms with Crippen LogP contribution in [-0.4, -0.2) is 44.9 Å². The fourth-order valence-electron chi connectivity index (χ4n) is 2.59. The second-order valence-electron chi connectivity index (χ2n) is 5.07. The van der Waals surface area contributed by atoms with Gasteiger partial charge in [0, 0.05) is 32.3 Å². The van der Waals surface area contributed by atoms with Crippen molar-refractivity contribution >= 4 is 0 Å². The van der Waals surface area contributed by atoms with Crippen LogP contribution in [0, 0.1) is 5.92 Å². The molecule has 1 aromatic rings. The number of hydrogen-bond acceptors (Lipinski definition) is 4. The molecular weight excluding hydrogens is 240 g/mol. The molecular formula is C15H24N2O2. The quantitative estimate of drug-likeness (QED) is 0.810. The van der Waals surface area contributed by atoms with E-state index in [2.05, 4.69) is 4.90 Å². The van der Waals surface area contributed by atoms with E-state index in [4.69, 9.17) is 15.2 Å².